The third-order valence-corrected chi connectivity index (χ3v) is 8.62. The molecule has 2 nitrogen and oxygen atoms in total. The Bertz CT molecular complexity index is 512. The van der Waals surface area contributed by atoms with Crippen molar-refractivity contribution in [2.45, 2.75) is 91.1 Å². The fourth-order valence-corrected chi connectivity index (χ4v) is 7.34. The van der Waals surface area contributed by atoms with Crippen LogP contribution in [0.5, 0.6) is 0 Å². The smallest absolute Gasteiger partial charge is 0.309 e. The van der Waals surface area contributed by atoms with Gasteiger partial charge in [0.15, 0.2) is 0 Å². The van der Waals surface area contributed by atoms with Crippen LogP contribution in [0.15, 0.2) is 0 Å². The lowest BCUT2D eigenvalue weighted by Crippen LogP contribution is -2.40. The first-order valence-corrected chi connectivity index (χ1v) is 11.1. The first kappa shape index (κ1) is 17.9. The average Bonchev–Trinajstić information content (AvgIpc) is 3.32. The molecule has 4 fully saturated rings. The SMILES string of the molecule is CCC(C)(CCCC(C)C)OC(=O)C1CC2CC1C1C3CCC(C3)C21. The molecule has 8 atom stereocenters. The first-order chi connectivity index (χ1) is 11.9. The van der Waals surface area contributed by atoms with Crippen molar-refractivity contribution in [3.63, 3.8) is 0 Å². The van der Waals surface area contributed by atoms with E-state index in [1.54, 1.807) is 0 Å². The van der Waals surface area contributed by atoms with Crippen LogP contribution in [-0.2, 0) is 9.53 Å². The number of carbonyl (C=O) groups is 1. The molecule has 0 heterocycles. The van der Waals surface area contributed by atoms with Gasteiger partial charge in [0, 0.05) is 0 Å². The van der Waals surface area contributed by atoms with E-state index in [4.69, 9.17) is 4.74 Å². The van der Waals surface area contributed by atoms with Crippen molar-refractivity contribution in [1.82, 2.24) is 0 Å². The third-order valence-electron chi connectivity index (χ3n) is 8.62. The number of rotatable bonds is 7. The summed E-state index contributed by atoms with van der Waals surface area (Å²) in [6.45, 7) is 8.89. The molecule has 4 bridgehead atoms. The molecule has 4 aliphatic rings. The molecule has 0 amide bonds. The van der Waals surface area contributed by atoms with Gasteiger partial charge in [-0.15, -0.1) is 0 Å². The lowest BCUT2D eigenvalue weighted by atomic mass is 9.67. The van der Waals surface area contributed by atoms with Crippen LogP contribution in [0.3, 0.4) is 0 Å². The van der Waals surface area contributed by atoms with Crippen molar-refractivity contribution < 1.29 is 9.53 Å². The zero-order chi connectivity index (χ0) is 17.8. The Kier molecular flexibility index (Phi) is 4.69. The van der Waals surface area contributed by atoms with Crippen molar-refractivity contribution in [2.24, 2.45) is 47.3 Å². The van der Waals surface area contributed by atoms with E-state index in [1.165, 1.54) is 38.5 Å². The molecule has 0 radical (unpaired) electrons. The van der Waals surface area contributed by atoms with E-state index in [2.05, 4.69) is 27.7 Å². The van der Waals surface area contributed by atoms with Crippen LogP contribution in [0.2, 0.25) is 0 Å². The standard InChI is InChI=1S/C23H38O2/c1-5-23(4,10-6-7-14(2)3)25-22(24)19-13-17-12-18(19)21-16-9-8-15(11-16)20(17)21/h14-21H,5-13H2,1-4H3. The third kappa shape index (κ3) is 3.06. The maximum atomic E-state index is 13.1. The molecule has 25 heavy (non-hydrogen) atoms. The van der Waals surface area contributed by atoms with Gasteiger partial charge in [-0.2, -0.15) is 0 Å². The van der Waals surface area contributed by atoms with Crippen molar-refractivity contribution >= 4 is 5.97 Å². The van der Waals surface area contributed by atoms with Crippen molar-refractivity contribution in [1.29, 1.82) is 0 Å². The number of hydrogen-bond acceptors (Lipinski definition) is 2. The second kappa shape index (κ2) is 6.57. The highest BCUT2D eigenvalue weighted by Crippen LogP contribution is 2.68. The topological polar surface area (TPSA) is 26.3 Å². The van der Waals surface area contributed by atoms with E-state index in [1.807, 2.05) is 0 Å². The first-order valence-electron chi connectivity index (χ1n) is 11.1. The molecule has 8 unspecified atom stereocenters. The van der Waals surface area contributed by atoms with E-state index in [-0.39, 0.29) is 17.5 Å². The highest BCUT2D eigenvalue weighted by molar-refractivity contribution is 5.74. The van der Waals surface area contributed by atoms with Crippen LogP contribution in [0.1, 0.15) is 85.5 Å². The van der Waals surface area contributed by atoms with Gasteiger partial charge in [0.25, 0.3) is 0 Å². The van der Waals surface area contributed by atoms with Gasteiger partial charge in [-0.3, -0.25) is 4.79 Å². The van der Waals surface area contributed by atoms with Crippen molar-refractivity contribution in [3.05, 3.63) is 0 Å². The zero-order valence-electron chi connectivity index (χ0n) is 16.8. The van der Waals surface area contributed by atoms with Gasteiger partial charge < -0.3 is 4.74 Å². The summed E-state index contributed by atoms with van der Waals surface area (Å²) in [7, 11) is 0. The van der Waals surface area contributed by atoms with Crippen LogP contribution in [0.25, 0.3) is 0 Å². The predicted octanol–water partition coefficient (Wildman–Crippen LogP) is 5.84. The normalized spacial score (nSPS) is 43.5. The van der Waals surface area contributed by atoms with Gasteiger partial charge >= 0.3 is 5.97 Å². The summed E-state index contributed by atoms with van der Waals surface area (Å²) in [5, 5.41) is 0. The molecule has 0 aliphatic heterocycles. The fraction of sp³-hybridized carbons (Fsp3) is 0.957. The van der Waals surface area contributed by atoms with Crippen LogP contribution in [-0.4, -0.2) is 11.6 Å². The molecule has 4 rings (SSSR count). The molecular formula is C23H38O2. The Labute approximate surface area is 154 Å². The number of ether oxygens (including phenoxy) is 1. The van der Waals surface area contributed by atoms with E-state index in [0.29, 0.717) is 5.92 Å². The van der Waals surface area contributed by atoms with Gasteiger partial charge in [0.2, 0.25) is 0 Å². The summed E-state index contributed by atoms with van der Waals surface area (Å²) >= 11 is 0. The van der Waals surface area contributed by atoms with Crippen molar-refractivity contribution in [3.8, 4) is 0 Å². The van der Waals surface area contributed by atoms with Crippen LogP contribution < -0.4 is 0 Å². The Hall–Kier alpha value is -0.530. The maximum absolute atomic E-state index is 13.1. The summed E-state index contributed by atoms with van der Waals surface area (Å²) in [5.74, 6) is 6.44. The molecule has 0 aromatic heterocycles. The zero-order valence-corrected chi connectivity index (χ0v) is 16.8. The molecule has 4 saturated carbocycles. The highest BCUT2D eigenvalue weighted by atomic mass is 16.6. The highest BCUT2D eigenvalue weighted by Gasteiger charge is 2.63. The van der Waals surface area contributed by atoms with E-state index >= 15 is 0 Å². The number of carbonyl (C=O) groups excluding carboxylic acids is 1. The minimum absolute atomic E-state index is 0.155. The number of fused-ring (bicyclic) bond motifs is 9. The molecule has 0 saturated heterocycles. The second-order valence-electron chi connectivity index (χ2n) is 10.5. The maximum Gasteiger partial charge on any atom is 0.309 e. The Morgan fingerprint density at radius 3 is 2.48 bits per heavy atom. The van der Waals surface area contributed by atoms with Crippen LogP contribution in [0.4, 0.5) is 0 Å². The van der Waals surface area contributed by atoms with E-state index in [9.17, 15) is 4.79 Å². The van der Waals surface area contributed by atoms with E-state index in [0.717, 1.165) is 54.8 Å². The van der Waals surface area contributed by atoms with Gasteiger partial charge in [0.05, 0.1) is 5.92 Å². The minimum Gasteiger partial charge on any atom is -0.459 e. The molecule has 142 valence electrons. The quantitative estimate of drug-likeness (QED) is 0.427. The van der Waals surface area contributed by atoms with Gasteiger partial charge in [0.1, 0.15) is 5.60 Å². The molecule has 0 N–H and O–H groups in total. The minimum atomic E-state index is -0.248. The van der Waals surface area contributed by atoms with Crippen LogP contribution >= 0.6 is 0 Å². The number of hydrogen-bond donors (Lipinski definition) is 0. The second-order valence-corrected chi connectivity index (χ2v) is 10.5. The van der Waals surface area contributed by atoms with Gasteiger partial charge in [-0.25, -0.2) is 0 Å². The summed E-state index contributed by atoms with van der Waals surface area (Å²) in [6.07, 6.45) is 11.2. The summed E-state index contributed by atoms with van der Waals surface area (Å²) in [5.41, 5.74) is -0.248. The van der Waals surface area contributed by atoms with E-state index < -0.39 is 0 Å². The molecular weight excluding hydrogens is 308 g/mol. The predicted molar refractivity (Wildman–Crippen MR) is 101 cm³/mol. The molecule has 2 heteroatoms. The Morgan fingerprint density at radius 2 is 1.80 bits per heavy atom. The molecule has 0 spiro atoms. The number of esters is 1. The Morgan fingerprint density at radius 1 is 1.08 bits per heavy atom. The lowest BCUT2D eigenvalue weighted by molar-refractivity contribution is -0.168. The monoisotopic (exact) mass is 346 g/mol. The fourth-order valence-electron chi connectivity index (χ4n) is 7.34. The van der Waals surface area contributed by atoms with Crippen LogP contribution in [0, 0.1) is 47.3 Å². The Balaban J connectivity index is 1.37. The summed E-state index contributed by atoms with van der Waals surface area (Å²) in [4.78, 5) is 13.1. The lowest BCUT2D eigenvalue weighted by Gasteiger charge is -2.39. The summed E-state index contributed by atoms with van der Waals surface area (Å²) < 4.78 is 6.20. The summed E-state index contributed by atoms with van der Waals surface area (Å²) in [6, 6.07) is 0. The van der Waals surface area contributed by atoms with Gasteiger partial charge in [-0.05, 0) is 99.7 Å². The molecule has 0 aromatic rings. The average molecular weight is 347 g/mol. The molecule has 4 aliphatic carbocycles. The molecule has 0 aromatic carbocycles. The largest absolute Gasteiger partial charge is 0.459 e. The van der Waals surface area contributed by atoms with Gasteiger partial charge in [-0.1, -0.05) is 27.2 Å². The van der Waals surface area contributed by atoms with Crippen molar-refractivity contribution in [2.75, 3.05) is 0 Å².